The van der Waals surface area contributed by atoms with Gasteiger partial charge >= 0.3 is 6.03 Å². The molecule has 0 radical (unpaired) electrons. The SMILES string of the molecule is Cc1ccc(S(N)(=O)=O)cc1C(=O)N(C)Cc1nsc(NC(=O)NCc2ccc(Cl)s2)n1. The summed E-state index contributed by atoms with van der Waals surface area (Å²) >= 11 is 8.21. The van der Waals surface area contributed by atoms with Gasteiger partial charge in [-0.1, -0.05) is 17.7 Å². The number of aryl methyl sites for hydroxylation is 1. The van der Waals surface area contributed by atoms with Gasteiger partial charge in [0.05, 0.1) is 22.3 Å². The maximum Gasteiger partial charge on any atom is 0.321 e. The number of rotatable bonds is 7. The van der Waals surface area contributed by atoms with E-state index >= 15 is 0 Å². The topological polar surface area (TPSA) is 147 Å². The van der Waals surface area contributed by atoms with Gasteiger partial charge < -0.3 is 10.2 Å². The summed E-state index contributed by atoms with van der Waals surface area (Å²) in [6.45, 7) is 2.08. The Bertz CT molecular complexity index is 1260. The van der Waals surface area contributed by atoms with Crippen LogP contribution in [0.5, 0.6) is 0 Å². The van der Waals surface area contributed by atoms with Gasteiger partial charge in [-0.3, -0.25) is 10.1 Å². The molecule has 14 heteroatoms. The van der Waals surface area contributed by atoms with Gasteiger partial charge in [-0.05, 0) is 36.8 Å². The first-order valence-corrected chi connectivity index (χ1v) is 12.5. The highest BCUT2D eigenvalue weighted by Gasteiger charge is 2.19. The van der Waals surface area contributed by atoms with Crippen LogP contribution in [0.4, 0.5) is 9.93 Å². The second-order valence-corrected chi connectivity index (χ2v) is 10.8. The summed E-state index contributed by atoms with van der Waals surface area (Å²) in [5.41, 5.74) is 0.812. The van der Waals surface area contributed by atoms with Gasteiger partial charge in [0.25, 0.3) is 5.91 Å². The molecule has 0 bridgehead atoms. The maximum absolute atomic E-state index is 12.8. The molecule has 3 amide bonds. The number of nitrogens with two attached hydrogens (primary N) is 1. The van der Waals surface area contributed by atoms with Crippen LogP contribution in [0.15, 0.2) is 35.2 Å². The molecule has 0 saturated carbocycles. The Kier molecular flexibility index (Phi) is 7.46. The van der Waals surface area contributed by atoms with Crippen molar-refractivity contribution >= 4 is 61.6 Å². The van der Waals surface area contributed by atoms with Crippen molar-refractivity contribution in [2.45, 2.75) is 24.9 Å². The molecule has 4 N–H and O–H groups in total. The number of sulfonamides is 1. The van der Waals surface area contributed by atoms with Crippen LogP contribution in [0, 0.1) is 6.92 Å². The van der Waals surface area contributed by atoms with E-state index < -0.39 is 22.0 Å². The van der Waals surface area contributed by atoms with Crippen LogP contribution in [0.25, 0.3) is 0 Å². The number of halogens is 1. The van der Waals surface area contributed by atoms with E-state index in [1.807, 2.05) is 6.07 Å². The van der Waals surface area contributed by atoms with E-state index in [-0.39, 0.29) is 22.1 Å². The number of thiophene rings is 1. The van der Waals surface area contributed by atoms with Gasteiger partial charge in [0.15, 0.2) is 5.82 Å². The van der Waals surface area contributed by atoms with Crippen molar-refractivity contribution < 1.29 is 18.0 Å². The van der Waals surface area contributed by atoms with Gasteiger partial charge in [0.1, 0.15) is 0 Å². The predicted molar refractivity (Wildman–Crippen MR) is 123 cm³/mol. The van der Waals surface area contributed by atoms with Crippen molar-refractivity contribution in [3.8, 4) is 0 Å². The predicted octanol–water partition coefficient (Wildman–Crippen LogP) is 2.80. The molecule has 2 aromatic heterocycles. The van der Waals surface area contributed by atoms with Crippen LogP contribution in [0.3, 0.4) is 0 Å². The highest BCUT2D eigenvalue weighted by atomic mass is 35.5. The van der Waals surface area contributed by atoms with E-state index in [4.69, 9.17) is 16.7 Å². The molecular weight excluding hydrogens is 496 g/mol. The number of aromatic nitrogens is 2. The Morgan fingerprint density at radius 2 is 2.00 bits per heavy atom. The monoisotopic (exact) mass is 514 g/mol. The molecule has 170 valence electrons. The summed E-state index contributed by atoms with van der Waals surface area (Å²) in [6, 6.07) is 7.24. The molecule has 0 saturated heterocycles. The first-order valence-electron chi connectivity index (χ1n) is 9.03. The molecule has 0 spiro atoms. The molecule has 3 rings (SSSR count). The molecule has 0 fully saturated rings. The minimum absolute atomic E-state index is 0.0609. The van der Waals surface area contributed by atoms with Crippen LogP contribution >= 0.6 is 34.5 Å². The number of urea groups is 1. The number of carbonyl (C=O) groups is 2. The summed E-state index contributed by atoms with van der Waals surface area (Å²) in [7, 11) is -2.40. The van der Waals surface area contributed by atoms with Crippen LogP contribution in [0.2, 0.25) is 4.34 Å². The van der Waals surface area contributed by atoms with Gasteiger partial charge in [0, 0.05) is 29.0 Å². The van der Waals surface area contributed by atoms with Crippen molar-refractivity contribution in [3.63, 3.8) is 0 Å². The van der Waals surface area contributed by atoms with E-state index in [0.717, 1.165) is 16.4 Å². The van der Waals surface area contributed by atoms with Crippen molar-refractivity contribution in [1.29, 1.82) is 0 Å². The fraction of sp³-hybridized carbons (Fsp3) is 0.222. The van der Waals surface area contributed by atoms with Crippen molar-refractivity contribution in [1.82, 2.24) is 19.6 Å². The van der Waals surface area contributed by atoms with E-state index in [2.05, 4.69) is 20.0 Å². The van der Waals surface area contributed by atoms with Gasteiger partial charge in [0.2, 0.25) is 15.2 Å². The van der Waals surface area contributed by atoms with E-state index in [0.29, 0.717) is 22.3 Å². The molecule has 0 aliphatic carbocycles. The van der Waals surface area contributed by atoms with Crippen LogP contribution in [-0.4, -0.2) is 41.7 Å². The third-order valence-corrected chi connectivity index (χ3v) is 7.04. The van der Waals surface area contributed by atoms with E-state index in [1.54, 1.807) is 20.0 Å². The Labute approximate surface area is 197 Å². The largest absolute Gasteiger partial charge is 0.334 e. The summed E-state index contributed by atoms with van der Waals surface area (Å²) in [6.07, 6.45) is 0. The number of amides is 3. The molecule has 2 heterocycles. The lowest BCUT2D eigenvalue weighted by atomic mass is 10.1. The fourth-order valence-electron chi connectivity index (χ4n) is 2.62. The lowest BCUT2D eigenvalue weighted by Crippen LogP contribution is -2.28. The minimum atomic E-state index is -3.94. The van der Waals surface area contributed by atoms with Gasteiger partial charge in [-0.25, -0.2) is 23.3 Å². The van der Waals surface area contributed by atoms with Crippen molar-refractivity contribution in [3.05, 3.63) is 56.5 Å². The third kappa shape index (κ3) is 6.23. The molecule has 0 aliphatic heterocycles. The lowest BCUT2D eigenvalue weighted by Gasteiger charge is -2.17. The number of anilines is 1. The van der Waals surface area contributed by atoms with Crippen LogP contribution in [-0.2, 0) is 23.1 Å². The Morgan fingerprint density at radius 1 is 1.25 bits per heavy atom. The number of hydrogen-bond acceptors (Lipinski definition) is 8. The number of nitrogens with one attached hydrogen (secondary N) is 2. The Morgan fingerprint density at radius 3 is 2.66 bits per heavy atom. The molecular formula is C18H19ClN6O4S3. The normalized spacial score (nSPS) is 11.2. The van der Waals surface area contributed by atoms with E-state index in [1.165, 1.54) is 34.4 Å². The molecule has 0 unspecified atom stereocenters. The molecule has 0 aliphatic rings. The van der Waals surface area contributed by atoms with Crippen molar-refractivity contribution in [2.24, 2.45) is 5.14 Å². The number of carbonyl (C=O) groups excluding carboxylic acids is 2. The average Bonchev–Trinajstić information content (AvgIpc) is 3.33. The number of nitrogens with zero attached hydrogens (tertiary/aromatic N) is 3. The highest BCUT2D eigenvalue weighted by molar-refractivity contribution is 7.89. The molecule has 32 heavy (non-hydrogen) atoms. The van der Waals surface area contributed by atoms with Crippen LogP contribution in [0.1, 0.15) is 26.6 Å². The van der Waals surface area contributed by atoms with Crippen LogP contribution < -0.4 is 15.8 Å². The summed E-state index contributed by atoms with van der Waals surface area (Å²) < 4.78 is 28.0. The summed E-state index contributed by atoms with van der Waals surface area (Å²) in [5, 5.41) is 10.7. The average molecular weight is 515 g/mol. The fourth-order valence-corrected chi connectivity index (χ4v) is 4.76. The number of primary sulfonamides is 1. The lowest BCUT2D eigenvalue weighted by molar-refractivity contribution is 0.0781. The summed E-state index contributed by atoms with van der Waals surface area (Å²) in [5.74, 6) is -0.0869. The Balaban J connectivity index is 1.60. The molecule has 0 atom stereocenters. The Hall–Kier alpha value is -2.58. The zero-order chi connectivity index (χ0) is 23.5. The standard InChI is InChI=1S/C18H19ClN6O4S3/c1-10-3-5-12(32(20,28)29)7-13(10)16(26)25(2)9-15-22-18(31-24-15)23-17(27)21-8-11-4-6-14(19)30-11/h3-7H,8-9H2,1-2H3,(H2,20,28,29)(H2,21,22,23,24,27). The second-order valence-electron chi connectivity index (χ2n) is 6.71. The zero-order valence-corrected chi connectivity index (χ0v) is 20.2. The zero-order valence-electron chi connectivity index (χ0n) is 17.0. The summed E-state index contributed by atoms with van der Waals surface area (Å²) in [4.78, 5) is 31.2. The smallest absolute Gasteiger partial charge is 0.321 e. The minimum Gasteiger partial charge on any atom is -0.334 e. The number of benzene rings is 1. The molecule has 3 aromatic rings. The first kappa shape index (κ1) is 24.1. The molecule has 10 nitrogen and oxygen atoms in total. The number of hydrogen-bond donors (Lipinski definition) is 3. The maximum atomic E-state index is 12.8. The highest BCUT2D eigenvalue weighted by Crippen LogP contribution is 2.21. The van der Waals surface area contributed by atoms with Gasteiger partial charge in [-0.15, -0.1) is 11.3 Å². The molecule has 1 aromatic carbocycles. The third-order valence-electron chi connectivity index (χ3n) is 4.23. The quantitative estimate of drug-likeness (QED) is 0.441. The second kappa shape index (κ2) is 9.92. The first-order chi connectivity index (χ1) is 15.0. The van der Waals surface area contributed by atoms with Gasteiger partial charge in [-0.2, -0.15) is 4.37 Å². The van der Waals surface area contributed by atoms with Crippen molar-refractivity contribution in [2.75, 3.05) is 12.4 Å². The van der Waals surface area contributed by atoms with E-state index in [9.17, 15) is 18.0 Å².